The number of hydrogen-bond donors (Lipinski definition) is 0. The van der Waals surface area contributed by atoms with Crippen LogP contribution >= 0.6 is 0 Å². The molecule has 0 aliphatic rings. The van der Waals surface area contributed by atoms with Crippen LogP contribution < -0.4 is 4.74 Å². The van der Waals surface area contributed by atoms with Gasteiger partial charge in [-0.1, -0.05) is 12.1 Å². The third-order valence-electron chi connectivity index (χ3n) is 4.07. The van der Waals surface area contributed by atoms with Gasteiger partial charge in [0, 0.05) is 28.9 Å². The smallest absolute Gasteiger partial charge is 0.408 e. The number of aryl methyl sites for hydroxylation is 1. The molecule has 2 aromatic heterocycles. The molecule has 0 aliphatic carbocycles. The molecule has 3 aromatic rings. The number of alkyl halides is 3. The van der Waals surface area contributed by atoms with E-state index in [1.165, 1.54) is 12.1 Å². The minimum Gasteiger partial charge on any atom is -0.473 e. The van der Waals surface area contributed by atoms with Crippen molar-refractivity contribution < 1.29 is 17.9 Å². The van der Waals surface area contributed by atoms with Gasteiger partial charge >= 0.3 is 6.18 Å². The van der Waals surface area contributed by atoms with Crippen LogP contribution in [0.3, 0.4) is 0 Å². The molecule has 134 valence electrons. The Morgan fingerprint density at radius 3 is 2.65 bits per heavy atom. The topological polar surface area (TPSA) is 31.4 Å². The second-order valence-corrected chi connectivity index (χ2v) is 5.99. The molecular formula is C19H16F3N3O. The van der Waals surface area contributed by atoms with E-state index in [1.54, 1.807) is 42.0 Å². The molecule has 1 aromatic carbocycles. The molecular weight excluding hydrogens is 343 g/mol. The first kappa shape index (κ1) is 17.8. The number of ether oxygens (including phenoxy) is 1. The lowest BCUT2D eigenvalue weighted by Crippen LogP contribution is -2.20. The number of nitrogens with zero attached hydrogens (tertiary/aromatic N) is 3. The average molecular weight is 359 g/mol. The average Bonchev–Trinajstić information content (AvgIpc) is 2.89. The summed E-state index contributed by atoms with van der Waals surface area (Å²) in [4.78, 5) is 7.12. The van der Waals surface area contributed by atoms with E-state index in [1.807, 2.05) is 6.92 Å². The summed E-state index contributed by atoms with van der Waals surface area (Å²) in [5, 5.41) is 0.0357. The molecule has 0 aliphatic heterocycles. The summed E-state index contributed by atoms with van der Waals surface area (Å²) in [7, 11) is 0. The number of pyridine rings is 1. The zero-order valence-electron chi connectivity index (χ0n) is 14.2. The Balaban J connectivity index is 2.00. The third-order valence-corrected chi connectivity index (χ3v) is 4.07. The van der Waals surface area contributed by atoms with E-state index in [0.717, 1.165) is 0 Å². The van der Waals surface area contributed by atoms with Gasteiger partial charge in [-0.2, -0.15) is 13.2 Å². The van der Waals surface area contributed by atoms with Crippen LogP contribution in [0.4, 0.5) is 18.9 Å². The highest BCUT2D eigenvalue weighted by Gasteiger charge is 2.36. The SMILES string of the molecule is [C-]#[N+]c1ccc2c(cc(C)n2CC(C)Oc2ccccn2)c1C(F)(F)F. The van der Waals surface area contributed by atoms with Crippen LogP contribution in [0.1, 0.15) is 18.2 Å². The number of rotatable bonds is 4. The van der Waals surface area contributed by atoms with Crippen molar-refractivity contribution in [2.45, 2.75) is 32.7 Å². The van der Waals surface area contributed by atoms with Gasteiger partial charge in [0.05, 0.1) is 18.7 Å². The molecule has 4 nitrogen and oxygen atoms in total. The highest BCUT2D eigenvalue weighted by molar-refractivity contribution is 5.90. The predicted molar refractivity (Wildman–Crippen MR) is 92.3 cm³/mol. The van der Waals surface area contributed by atoms with Crippen LogP contribution in [0, 0.1) is 13.5 Å². The molecule has 0 fully saturated rings. The van der Waals surface area contributed by atoms with Gasteiger partial charge in [-0.3, -0.25) is 0 Å². The Labute approximate surface area is 148 Å². The summed E-state index contributed by atoms with van der Waals surface area (Å²) in [6, 6.07) is 9.54. The van der Waals surface area contributed by atoms with Crippen LogP contribution in [0.15, 0.2) is 42.6 Å². The van der Waals surface area contributed by atoms with Gasteiger partial charge < -0.3 is 9.30 Å². The summed E-state index contributed by atoms with van der Waals surface area (Å²) >= 11 is 0. The van der Waals surface area contributed by atoms with E-state index >= 15 is 0 Å². The summed E-state index contributed by atoms with van der Waals surface area (Å²) in [5.41, 5.74) is -0.173. The lowest BCUT2D eigenvalue weighted by molar-refractivity contribution is -0.135. The maximum atomic E-state index is 13.5. The highest BCUT2D eigenvalue weighted by atomic mass is 19.4. The van der Waals surface area contributed by atoms with E-state index in [-0.39, 0.29) is 17.2 Å². The Morgan fingerprint density at radius 2 is 2.04 bits per heavy atom. The van der Waals surface area contributed by atoms with Gasteiger partial charge in [-0.15, -0.1) is 0 Å². The predicted octanol–water partition coefficient (Wildman–Crippen LogP) is 5.38. The maximum Gasteiger partial charge on any atom is 0.408 e. The molecule has 0 saturated heterocycles. The molecule has 1 unspecified atom stereocenters. The van der Waals surface area contributed by atoms with Gasteiger partial charge in [0.2, 0.25) is 5.88 Å². The van der Waals surface area contributed by atoms with Crippen molar-refractivity contribution in [1.82, 2.24) is 9.55 Å². The van der Waals surface area contributed by atoms with E-state index in [4.69, 9.17) is 11.3 Å². The van der Waals surface area contributed by atoms with Gasteiger partial charge in [-0.25, -0.2) is 9.83 Å². The van der Waals surface area contributed by atoms with Crippen molar-refractivity contribution in [2.24, 2.45) is 0 Å². The molecule has 0 radical (unpaired) electrons. The number of aromatic nitrogens is 2. The molecule has 0 spiro atoms. The molecule has 0 bridgehead atoms. The number of benzene rings is 1. The zero-order valence-corrected chi connectivity index (χ0v) is 14.2. The van der Waals surface area contributed by atoms with E-state index in [9.17, 15) is 13.2 Å². The van der Waals surface area contributed by atoms with E-state index in [0.29, 0.717) is 23.6 Å². The van der Waals surface area contributed by atoms with Gasteiger partial charge in [0.25, 0.3) is 0 Å². The number of hydrogen-bond acceptors (Lipinski definition) is 2. The van der Waals surface area contributed by atoms with Gasteiger partial charge in [0.15, 0.2) is 5.69 Å². The summed E-state index contributed by atoms with van der Waals surface area (Å²) in [6.07, 6.45) is -3.28. The molecule has 7 heteroatoms. The highest BCUT2D eigenvalue weighted by Crippen LogP contribution is 2.42. The first-order valence-corrected chi connectivity index (χ1v) is 7.96. The normalized spacial score (nSPS) is 12.8. The summed E-state index contributed by atoms with van der Waals surface area (Å²) in [6.45, 7) is 11.0. The second kappa shape index (κ2) is 6.71. The van der Waals surface area contributed by atoms with Crippen molar-refractivity contribution in [1.29, 1.82) is 0 Å². The van der Waals surface area contributed by atoms with Crippen molar-refractivity contribution in [3.8, 4) is 5.88 Å². The molecule has 0 amide bonds. The summed E-state index contributed by atoms with van der Waals surface area (Å²) < 4.78 is 47.9. The van der Waals surface area contributed by atoms with Crippen molar-refractivity contribution in [2.75, 3.05) is 0 Å². The fourth-order valence-electron chi connectivity index (χ4n) is 3.01. The van der Waals surface area contributed by atoms with Crippen LogP contribution in [0.2, 0.25) is 0 Å². The first-order valence-electron chi connectivity index (χ1n) is 7.96. The van der Waals surface area contributed by atoms with Crippen molar-refractivity contribution in [3.63, 3.8) is 0 Å². The second-order valence-electron chi connectivity index (χ2n) is 5.99. The molecule has 2 heterocycles. The number of fused-ring (bicyclic) bond motifs is 1. The minimum absolute atomic E-state index is 0.0357. The number of halogens is 3. The van der Waals surface area contributed by atoms with E-state index in [2.05, 4.69) is 9.83 Å². The lowest BCUT2D eigenvalue weighted by atomic mass is 10.1. The van der Waals surface area contributed by atoms with Crippen LogP contribution in [0.25, 0.3) is 15.7 Å². The lowest BCUT2D eigenvalue weighted by Gasteiger charge is -2.17. The largest absolute Gasteiger partial charge is 0.473 e. The minimum atomic E-state index is -4.59. The van der Waals surface area contributed by atoms with E-state index < -0.39 is 11.7 Å². The molecule has 3 rings (SSSR count). The molecule has 0 saturated carbocycles. The zero-order chi connectivity index (χ0) is 18.9. The molecule has 26 heavy (non-hydrogen) atoms. The van der Waals surface area contributed by atoms with Crippen molar-refractivity contribution >= 4 is 16.6 Å². The Hall–Kier alpha value is -3.01. The summed E-state index contributed by atoms with van der Waals surface area (Å²) in [5.74, 6) is 0.459. The quantitative estimate of drug-likeness (QED) is 0.586. The van der Waals surface area contributed by atoms with Crippen LogP contribution in [-0.2, 0) is 12.7 Å². The molecule has 0 N–H and O–H groups in total. The van der Waals surface area contributed by atoms with Crippen molar-refractivity contribution in [3.05, 3.63) is 65.3 Å². The maximum absolute atomic E-state index is 13.5. The van der Waals surface area contributed by atoms with Crippen LogP contribution in [0.5, 0.6) is 5.88 Å². The standard InChI is InChI=1S/C19H16F3N3O/c1-12-10-14-16(8-7-15(23-3)18(14)19(20,21)22)25(12)11-13(2)26-17-6-4-5-9-24-17/h4-10,13H,11H2,1-2H3. The fraction of sp³-hybridized carbons (Fsp3) is 0.263. The molecule has 1 atom stereocenters. The van der Waals surface area contributed by atoms with Gasteiger partial charge in [-0.05, 0) is 32.0 Å². The Kier molecular flexibility index (Phi) is 4.60. The van der Waals surface area contributed by atoms with Gasteiger partial charge in [0.1, 0.15) is 6.10 Å². The fourth-order valence-corrected chi connectivity index (χ4v) is 3.01. The van der Waals surface area contributed by atoms with Crippen LogP contribution in [-0.4, -0.2) is 15.7 Å². The Bertz CT molecular complexity index is 972. The monoisotopic (exact) mass is 359 g/mol. The third kappa shape index (κ3) is 3.36. The first-order chi connectivity index (χ1) is 12.3. The Morgan fingerprint density at radius 1 is 1.27 bits per heavy atom.